The highest BCUT2D eigenvalue weighted by Gasteiger charge is 2.13. The third-order valence-corrected chi connectivity index (χ3v) is 4.54. The Morgan fingerprint density at radius 3 is 2.09 bits per heavy atom. The Bertz CT molecular complexity index is 1080. The zero-order valence-corrected chi connectivity index (χ0v) is 18.3. The van der Waals surface area contributed by atoms with Gasteiger partial charge in [-0.15, -0.1) is 0 Å². The summed E-state index contributed by atoms with van der Waals surface area (Å²) in [6, 6.07) is 19.5. The van der Waals surface area contributed by atoms with Crippen LogP contribution in [-0.2, 0) is 11.4 Å². The van der Waals surface area contributed by atoms with Gasteiger partial charge in [0, 0.05) is 29.4 Å². The maximum Gasteiger partial charge on any atom is 0.255 e. The Hall–Kier alpha value is -4.00. The molecule has 2 amide bonds. The average molecular weight is 434 g/mol. The van der Waals surface area contributed by atoms with Crippen molar-refractivity contribution in [3.8, 4) is 17.2 Å². The van der Waals surface area contributed by atoms with Crippen LogP contribution in [0.15, 0.2) is 66.7 Å². The number of ether oxygens (including phenoxy) is 3. The monoisotopic (exact) mass is 434 g/mol. The number of carbonyl (C=O) groups excluding carboxylic acids is 2. The molecule has 7 heteroatoms. The molecule has 0 aliphatic carbocycles. The van der Waals surface area contributed by atoms with Crippen LogP contribution in [0.3, 0.4) is 0 Å². The largest absolute Gasteiger partial charge is 0.493 e. The fraction of sp³-hybridized carbons (Fsp3) is 0.200. The second-order valence-electron chi connectivity index (χ2n) is 6.91. The zero-order chi connectivity index (χ0) is 22.9. The topological polar surface area (TPSA) is 85.9 Å². The first-order valence-electron chi connectivity index (χ1n) is 10.2. The average Bonchev–Trinajstić information content (AvgIpc) is 2.79. The number of carbonyl (C=O) groups is 2. The van der Waals surface area contributed by atoms with E-state index in [9.17, 15) is 9.59 Å². The van der Waals surface area contributed by atoms with Crippen molar-refractivity contribution >= 4 is 23.2 Å². The van der Waals surface area contributed by atoms with Gasteiger partial charge in [0.15, 0.2) is 11.5 Å². The summed E-state index contributed by atoms with van der Waals surface area (Å²) in [5, 5.41) is 5.55. The second kappa shape index (κ2) is 10.9. The van der Waals surface area contributed by atoms with Gasteiger partial charge in [-0.3, -0.25) is 9.59 Å². The minimum Gasteiger partial charge on any atom is -0.493 e. The number of methoxy groups -OCH3 is 1. The van der Waals surface area contributed by atoms with Crippen molar-refractivity contribution in [1.29, 1.82) is 0 Å². The first-order valence-corrected chi connectivity index (χ1v) is 10.2. The van der Waals surface area contributed by atoms with Gasteiger partial charge in [0.05, 0.1) is 13.7 Å². The Labute approximate surface area is 187 Å². The van der Waals surface area contributed by atoms with E-state index in [1.807, 2.05) is 31.2 Å². The van der Waals surface area contributed by atoms with Gasteiger partial charge in [-0.2, -0.15) is 0 Å². The molecule has 0 radical (unpaired) electrons. The number of hydrogen-bond donors (Lipinski definition) is 2. The molecule has 0 aliphatic heterocycles. The summed E-state index contributed by atoms with van der Waals surface area (Å²) in [7, 11) is 1.58. The molecule has 3 aromatic carbocycles. The van der Waals surface area contributed by atoms with Crippen molar-refractivity contribution in [1.82, 2.24) is 0 Å². The van der Waals surface area contributed by atoms with Gasteiger partial charge in [0.1, 0.15) is 12.4 Å². The maximum absolute atomic E-state index is 12.8. The molecule has 0 bridgehead atoms. The number of rotatable bonds is 9. The fourth-order valence-corrected chi connectivity index (χ4v) is 3.07. The van der Waals surface area contributed by atoms with Crippen LogP contribution in [0, 0.1) is 0 Å². The molecule has 166 valence electrons. The molecular weight excluding hydrogens is 408 g/mol. The van der Waals surface area contributed by atoms with Gasteiger partial charge in [-0.1, -0.05) is 12.1 Å². The molecule has 0 saturated heterocycles. The minimum atomic E-state index is -0.265. The maximum atomic E-state index is 12.8. The molecule has 3 aromatic rings. The number of amides is 2. The van der Waals surface area contributed by atoms with Crippen LogP contribution in [0.4, 0.5) is 11.4 Å². The highest BCUT2D eigenvalue weighted by atomic mass is 16.5. The standard InChI is InChI=1S/C25H26N2O5/c1-4-31-22-14-9-18(15-19(22)16-32-24-8-6-5-7-23(24)30-3)25(29)27-21-12-10-20(11-13-21)26-17(2)28/h5-15H,4,16H2,1-3H3,(H,26,28)(H,27,29). The number of para-hydroxylation sites is 2. The lowest BCUT2D eigenvalue weighted by molar-refractivity contribution is -0.114. The van der Waals surface area contributed by atoms with Crippen molar-refractivity contribution < 1.29 is 23.8 Å². The van der Waals surface area contributed by atoms with E-state index < -0.39 is 0 Å². The lowest BCUT2D eigenvalue weighted by Crippen LogP contribution is -2.13. The molecule has 0 unspecified atom stereocenters. The summed E-state index contributed by atoms with van der Waals surface area (Å²) < 4.78 is 17.0. The number of nitrogens with one attached hydrogen (secondary N) is 2. The van der Waals surface area contributed by atoms with E-state index in [0.29, 0.717) is 40.8 Å². The molecule has 0 spiro atoms. The number of benzene rings is 3. The highest BCUT2D eigenvalue weighted by molar-refractivity contribution is 6.04. The van der Waals surface area contributed by atoms with E-state index in [1.165, 1.54) is 6.92 Å². The van der Waals surface area contributed by atoms with E-state index >= 15 is 0 Å². The third-order valence-electron chi connectivity index (χ3n) is 4.54. The fourth-order valence-electron chi connectivity index (χ4n) is 3.07. The molecule has 3 rings (SSSR count). The lowest BCUT2D eigenvalue weighted by Gasteiger charge is -2.15. The zero-order valence-electron chi connectivity index (χ0n) is 18.3. The normalized spacial score (nSPS) is 10.2. The van der Waals surface area contributed by atoms with Gasteiger partial charge in [0.25, 0.3) is 5.91 Å². The Morgan fingerprint density at radius 1 is 0.812 bits per heavy atom. The molecule has 2 N–H and O–H groups in total. The number of anilines is 2. The lowest BCUT2D eigenvalue weighted by atomic mass is 10.1. The quantitative estimate of drug-likeness (QED) is 0.501. The molecule has 0 aliphatic rings. The third kappa shape index (κ3) is 6.01. The SMILES string of the molecule is CCOc1ccc(C(=O)Nc2ccc(NC(C)=O)cc2)cc1COc1ccccc1OC. The molecule has 0 saturated carbocycles. The van der Waals surface area contributed by atoms with Crippen LogP contribution in [0.25, 0.3) is 0 Å². The summed E-state index contributed by atoms with van der Waals surface area (Å²) in [4.78, 5) is 23.9. The van der Waals surface area contributed by atoms with Crippen LogP contribution in [0.5, 0.6) is 17.2 Å². The van der Waals surface area contributed by atoms with E-state index in [0.717, 1.165) is 5.56 Å². The van der Waals surface area contributed by atoms with Crippen LogP contribution in [0.2, 0.25) is 0 Å². The molecule has 0 aromatic heterocycles. The molecule has 0 fully saturated rings. The van der Waals surface area contributed by atoms with Crippen LogP contribution < -0.4 is 24.8 Å². The van der Waals surface area contributed by atoms with Crippen molar-refractivity contribution in [3.05, 3.63) is 77.9 Å². The summed E-state index contributed by atoms with van der Waals surface area (Å²) in [6.45, 7) is 4.04. The Morgan fingerprint density at radius 2 is 1.47 bits per heavy atom. The van der Waals surface area contributed by atoms with E-state index in [-0.39, 0.29) is 18.4 Å². The van der Waals surface area contributed by atoms with Crippen molar-refractivity contribution in [2.75, 3.05) is 24.4 Å². The predicted octanol–water partition coefficient (Wildman–Crippen LogP) is 4.88. The van der Waals surface area contributed by atoms with E-state index in [2.05, 4.69) is 10.6 Å². The number of hydrogen-bond acceptors (Lipinski definition) is 5. The van der Waals surface area contributed by atoms with Gasteiger partial charge in [-0.25, -0.2) is 0 Å². The van der Waals surface area contributed by atoms with Gasteiger partial charge in [0.2, 0.25) is 5.91 Å². The highest BCUT2D eigenvalue weighted by Crippen LogP contribution is 2.29. The molecular formula is C25H26N2O5. The van der Waals surface area contributed by atoms with Crippen LogP contribution in [0.1, 0.15) is 29.8 Å². The first kappa shape index (κ1) is 22.7. The van der Waals surface area contributed by atoms with Gasteiger partial charge in [-0.05, 0) is 61.5 Å². The smallest absolute Gasteiger partial charge is 0.255 e. The molecule has 0 atom stereocenters. The first-order chi connectivity index (χ1) is 15.5. The van der Waals surface area contributed by atoms with E-state index in [1.54, 1.807) is 49.6 Å². The van der Waals surface area contributed by atoms with Gasteiger partial charge >= 0.3 is 0 Å². The molecule has 0 heterocycles. The Balaban J connectivity index is 1.75. The van der Waals surface area contributed by atoms with Crippen molar-refractivity contribution in [2.24, 2.45) is 0 Å². The molecule has 7 nitrogen and oxygen atoms in total. The Kier molecular flexibility index (Phi) is 7.70. The minimum absolute atomic E-state index is 0.154. The molecule has 32 heavy (non-hydrogen) atoms. The van der Waals surface area contributed by atoms with Crippen molar-refractivity contribution in [2.45, 2.75) is 20.5 Å². The summed E-state index contributed by atoms with van der Waals surface area (Å²) in [5.74, 6) is 1.46. The van der Waals surface area contributed by atoms with E-state index in [4.69, 9.17) is 14.2 Å². The second-order valence-corrected chi connectivity index (χ2v) is 6.91. The van der Waals surface area contributed by atoms with Crippen LogP contribution in [-0.4, -0.2) is 25.5 Å². The van der Waals surface area contributed by atoms with Gasteiger partial charge < -0.3 is 24.8 Å². The summed E-state index contributed by atoms with van der Waals surface area (Å²) in [6.07, 6.45) is 0. The van der Waals surface area contributed by atoms with Crippen molar-refractivity contribution in [3.63, 3.8) is 0 Å². The summed E-state index contributed by atoms with van der Waals surface area (Å²) in [5.41, 5.74) is 2.49. The summed E-state index contributed by atoms with van der Waals surface area (Å²) >= 11 is 0. The predicted molar refractivity (Wildman–Crippen MR) is 124 cm³/mol. The van der Waals surface area contributed by atoms with Crippen LogP contribution >= 0.6 is 0 Å².